The van der Waals surface area contributed by atoms with E-state index in [0.29, 0.717) is 29.6 Å². The Kier molecular flexibility index (Phi) is 3.77. The molecule has 0 amide bonds. The molecule has 0 spiro atoms. The summed E-state index contributed by atoms with van der Waals surface area (Å²) in [5.41, 5.74) is 2.04. The zero-order valence-corrected chi connectivity index (χ0v) is 15.2. The van der Waals surface area contributed by atoms with Crippen molar-refractivity contribution in [3.8, 4) is 11.5 Å². The molecule has 4 rings (SSSR count). The second-order valence-electron chi connectivity index (χ2n) is 6.81. The average Bonchev–Trinajstić information content (AvgIpc) is 3.36. The summed E-state index contributed by atoms with van der Waals surface area (Å²) in [4.78, 5) is 0.344. The lowest BCUT2D eigenvalue weighted by atomic mass is 10.1. The van der Waals surface area contributed by atoms with E-state index in [1.807, 2.05) is 44.2 Å². The van der Waals surface area contributed by atoms with Crippen molar-refractivity contribution in [1.82, 2.24) is 4.72 Å². The zero-order chi connectivity index (χ0) is 17.7. The first-order chi connectivity index (χ1) is 11.9. The highest BCUT2D eigenvalue weighted by Gasteiger charge is 2.48. The van der Waals surface area contributed by atoms with Crippen molar-refractivity contribution >= 4 is 10.0 Å². The molecule has 132 valence electrons. The molecule has 0 bridgehead atoms. The maximum atomic E-state index is 13.0. The Morgan fingerprint density at radius 1 is 0.960 bits per heavy atom. The minimum atomic E-state index is -3.60. The number of hydrogen-bond acceptors (Lipinski definition) is 4. The Hall–Kier alpha value is -2.05. The van der Waals surface area contributed by atoms with E-state index in [2.05, 4.69) is 4.72 Å². The van der Waals surface area contributed by atoms with E-state index in [4.69, 9.17) is 9.47 Å². The lowest BCUT2D eigenvalue weighted by molar-refractivity contribution is 0.171. The minimum absolute atomic E-state index is 0.344. The molecule has 1 aliphatic heterocycles. The predicted octanol–water partition coefficient (Wildman–Crippen LogP) is 3.04. The second kappa shape index (κ2) is 5.75. The second-order valence-corrected chi connectivity index (χ2v) is 8.47. The maximum absolute atomic E-state index is 13.0. The number of rotatable bonds is 4. The van der Waals surface area contributed by atoms with Crippen molar-refractivity contribution in [2.24, 2.45) is 0 Å². The molecule has 2 aromatic carbocycles. The Bertz CT molecular complexity index is 932. The molecular weight excluding hydrogens is 338 g/mol. The SMILES string of the molecule is Cc1ccc(C)c(S(=O)(=O)NC2(c3ccc4c(c3)OCCO4)CC2)c1. The normalized spacial score (nSPS) is 18.0. The van der Waals surface area contributed by atoms with Crippen LogP contribution in [0.25, 0.3) is 0 Å². The molecule has 1 fully saturated rings. The minimum Gasteiger partial charge on any atom is -0.486 e. The van der Waals surface area contributed by atoms with Gasteiger partial charge >= 0.3 is 0 Å². The Balaban J connectivity index is 1.67. The fourth-order valence-corrected chi connectivity index (χ4v) is 5.00. The number of sulfonamides is 1. The molecule has 1 aliphatic carbocycles. The summed E-state index contributed by atoms with van der Waals surface area (Å²) in [5, 5.41) is 0. The Morgan fingerprint density at radius 2 is 1.68 bits per heavy atom. The largest absolute Gasteiger partial charge is 0.486 e. The lowest BCUT2D eigenvalue weighted by Gasteiger charge is -2.23. The van der Waals surface area contributed by atoms with E-state index in [0.717, 1.165) is 29.5 Å². The third-order valence-electron chi connectivity index (χ3n) is 4.81. The van der Waals surface area contributed by atoms with Gasteiger partial charge in [-0.05, 0) is 61.6 Å². The monoisotopic (exact) mass is 359 g/mol. The molecule has 0 aromatic heterocycles. The van der Waals surface area contributed by atoms with Gasteiger partial charge in [-0.1, -0.05) is 18.2 Å². The van der Waals surface area contributed by atoms with Gasteiger partial charge < -0.3 is 9.47 Å². The maximum Gasteiger partial charge on any atom is 0.241 e. The molecule has 6 heteroatoms. The molecule has 0 saturated heterocycles. The highest BCUT2D eigenvalue weighted by molar-refractivity contribution is 7.89. The summed E-state index contributed by atoms with van der Waals surface area (Å²) in [6.45, 7) is 4.76. The summed E-state index contributed by atoms with van der Waals surface area (Å²) >= 11 is 0. The fraction of sp³-hybridized carbons (Fsp3) is 0.368. The Morgan fingerprint density at radius 3 is 2.40 bits per heavy atom. The number of nitrogens with one attached hydrogen (secondary N) is 1. The summed E-state index contributed by atoms with van der Waals surface area (Å²) in [7, 11) is -3.60. The summed E-state index contributed by atoms with van der Waals surface area (Å²) in [5.74, 6) is 1.39. The first-order valence-electron chi connectivity index (χ1n) is 8.41. The van der Waals surface area contributed by atoms with Gasteiger partial charge in [-0.3, -0.25) is 0 Å². The molecule has 1 heterocycles. The molecule has 0 atom stereocenters. The predicted molar refractivity (Wildman–Crippen MR) is 94.6 cm³/mol. The number of ether oxygens (including phenoxy) is 2. The van der Waals surface area contributed by atoms with Crippen LogP contribution < -0.4 is 14.2 Å². The first kappa shape index (κ1) is 16.4. The highest BCUT2D eigenvalue weighted by atomic mass is 32.2. The van der Waals surface area contributed by atoms with Crippen molar-refractivity contribution in [2.45, 2.75) is 37.1 Å². The smallest absolute Gasteiger partial charge is 0.241 e. The topological polar surface area (TPSA) is 64.6 Å². The van der Waals surface area contributed by atoms with Gasteiger partial charge in [0.1, 0.15) is 13.2 Å². The van der Waals surface area contributed by atoms with Crippen LogP contribution in [0, 0.1) is 13.8 Å². The molecular formula is C19H21NO4S. The van der Waals surface area contributed by atoms with E-state index in [1.54, 1.807) is 6.07 Å². The number of benzene rings is 2. The van der Waals surface area contributed by atoms with Gasteiger partial charge in [0.2, 0.25) is 10.0 Å². The van der Waals surface area contributed by atoms with Crippen LogP contribution in [-0.4, -0.2) is 21.6 Å². The average molecular weight is 359 g/mol. The summed E-state index contributed by atoms with van der Waals surface area (Å²) < 4.78 is 40.0. The van der Waals surface area contributed by atoms with Gasteiger partial charge in [-0.15, -0.1) is 0 Å². The van der Waals surface area contributed by atoms with Crippen molar-refractivity contribution < 1.29 is 17.9 Å². The van der Waals surface area contributed by atoms with Gasteiger partial charge in [0, 0.05) is 0 Å². The van der Waals surface area contributed by atoms with E-state index in [9.17, 15) is 8.42 Å². The fourth-order valence-electron chi connectivity index (χ4n) is 3.22. The van der Waals surface area contributed by atoms with Crippen LogP contribution in [-0.2, 0) is 15.6 Å². The lowest BCUT2D eigenvalue weighted by Crippen LogP contribution is -2.35. The number of hydrogen-bond donors (Lipinski definition) is 1. The molecule has 5 nitrogen and oxygen atoms in total. The van der Waals surface area contributed by atoms with Gasteiger partial charge in [0.15, 0.2) is 11.5 Å². The summed E-state index contributed by atoms with van der Waals surface area (Å²) in [6.07, 6.45) is 1.55. The molecule has 1 N–H and O–H groups in total. The van der Waals surface area contributed by atoms with E-state index >= 15 is 0 Å². The van der Waals surface area contributed by atoms with Gasteiger partial charge in [-0.2, -0.15) is 0 Å². The van der Waals surface area contributed by atoms with Gasteiger partial charge in [-0.25, -0.2) is 13.1 Å². The standard InChI is InChI=1S/C19H21NO4S/c1-13-3-4-14(2)18(11-13)25(21,22)20-19(7-8-19)15-5-6-16-17(12-15)24-10-9-23-16/h3-6,11-12,20H,7-10H2,1-2H3. The zero-order valence-electron chi connectivity index (χ0n) is 14.3. The molecule has 2 aromatic rings. The van der Waals surface area contributed by atoms with Gasteiger partial charge in [0.05, 0.1) is 10.4 Å². The van der Waals surface area contributed by atoms with Gasteiger partial charge in [0.25, 0.3) is 0 Å². The van der Waals surface area contributed by atoms with Crippen molar-refractivity contribution in [3.05, 3.63) is 53.1 Å². The number of fused-ring (bicyclic) bond motifs is 1. The van der Waals surface area contributed by atoms with Crippen LogP contribution in [0.5, 0.6) is 11.5 Å². The van der Waals surface area contributed by atoms with Crippen LogP contribution in [0.1, 0.15) is 29.5 Å². The van der Waals surface area contributed by atoms with Crippen LogP contribution in [0.2, 0.25) is 0 Å². The van der Waals surface area contributed by atoms with Crippen molar-refractivity contribution in [1.29, 1.82) is 0 Å². The summed E-state index contributed by atoms with van der Waals surface area (Å²) in [6, 6.07) is 11.2. The first-order valence-corrected chi connectivity index (χ1v) is 9.89. The molecule has 1 saturated carbocycles. The molecule has 0 unspecified atom stereocenters. The quantitative estimate of drug-likeness (QED) is 0.911. The Labute approximate surface area is 148 Å². The van der Waals surface area contributed by atoms with Crippen LogP contribution in [0.3, 0.4) is 0 Å². The van der Waals surface area contributed by atoms with E-state index in [1.165, 1.54) is 0 Å². The molecule has 25 heavy (non-hydrogen) atoms. The highest BCUT2D eigenvalue weighted by Crippen LogP contribution is 2.48. The van der Waals surface area contributed by atoms with Crippen LogP contribution >= 0.6 is 0 Å². The van der Waals surface area contributed by atoms with Crippen LogP contribution in [0.15, 0.2) is 41.3 Å². The molecule has 2 aliphatic rings. The third kappa shape index (κ3) is 3.00. The number of aryl methyl sites for hydroxylation is 2. The third-order valence-corrected chi connectivity index (χ3v) is 6.49. The van der Waals surface area contributed by atoms with E-state index in [-0.39, 0.29) is 0 Å². The molecule has 0 radical (unpaired) electrons. The van der Waals surface area contributed by atoms with Crippen molar-refractivity contribution in [3.63, 3.8) is 0 Å². The van der Waals surface area contributed by atoms with Crippen molar-refractivity contribution in [2.75, 3.05) is 13.2 Å². The van der Waals surface area contributed by atoms with E-state index < -0.39 is 15.6 Å². The van der Waals surface area contributed by atoms with Crippen LogP contribution in [0.4, 0.5) is 0 Å².